The van der Waals surface area contributed by atoms with E-state index in [0.717, 1.165) is 21.3 Å². The molecule has 0 spiro atoms. The van der Waals surface area contributed by atoms with Crippen molar-refractivity contribution in [3.05, 3.63) is 78.1 Å². The first-order valence-electron chi connectivity index (χ1n) is 7.83. The molecule has 6 heteroatoms. The molecular weight excluding hydrogens is 332 g/mol. The number of nitrogens with one attached hydrogen (secondary N) is 1. The van der Waals surface area contributed by atoms with Crippen LogP contribution in [-0.4, -0.2) is 21.3 Å². The Labute approximate surface area is 150 Å². The molecule has 0 aliphatic rings. The minimum absolute atomic E-state index is 0.153. The molecule has 0 saturated carbocycles. The van der Waals surface area contributed by atoms with Crippen molar-refractivity contribution in [3.63, 3.8) is 0 Å². The summed E-state index contributed by atoms with van der Waals surface area (Å²) < 4.78 is 1.40. The summed E-state index contributed by atoms with van der Waals surface area (Å²) >= 11 is 1.51. The van der Waals surface area contributed by atoms with Crippen molar-refractivity contribution in [2.45, 2.75) is 6.54 Å². The van der Waals surface area contributed by atoms with Crippen LogP contribution in [0.15, 0.2) is 72.6 Å². The second kappa shape index (κ2) is 7.72. The van der Waals surface area contributed by atoms with Gasteiger partial charge in [-0.2, -0.15) is 5.10 Å². The SMILES string of the molecule is C=CCNc1nc(-c2ccccc2)c(-c2ccc(=O)n(CC=C)n2)s1. The standard InChI is InChI=1S/C19H18N4OS/c1-3-12-20-19-21-17(14-8-6-5-7-9-14)18(25-19)15-10-11-16(24)23(22-15)13-4-2/h3-11H,1-2,12-13H2,(H,20,21). The van der Waals surface area contributed by atoms with E-state index in [-0.39, 0.29) is 5.56 Å². The number of anilines is 1. The summed E-state index contributed by atoms with van der Waals surface area (Å²) in [5, 5.41) is 8.48. The van der Waals surface area contributed by atoms with Crippen LogP contribution in [0.2, 0.25) is 0 Å². The van der Waals surface area contributed by atoms with E-state index in [9.17, 15) is 4.79 Å². The van der Waals surface area contributed by atoms with Gasteiger partial charge in [-0.3, -0.25) is 4.79 Å². The van der Waals surface area contributed by atoms with Crippen LogP contribution in [0.4, 0.5) is 5.13 Å². The molecule has 0 unspecified atom stereocenters. The number of allylic oxidation sites excluding steroid dienone is 1. The van der Waals surface area contributed by atoms with Gasteiger partial charge in [0.1, 0.15) is 5.69 Å². The van der Waals surface area contributed by atoms with E-state index < -0.39 is 0 Å². The molecule has 0 bridgehead atoms. The van der Waals surface area contributed by atoms with Crippen LogP contribution in [0.25, 0.3) is 21.8 Å². The first-order valence-corrected chi connectivity index (χ1v) is 8.65. The number of aromatic nitrogens is 3. The molecule has 2 heterocycles. The summed E-state index contributed by atoms with van der Waals surface area (Å²) in [6.45, 7) is 8.39. The molecule has 0 atom stereocenters. The maximum absolute atomic E-state index is 11.9. The molecule has 1 N–H and O–H groups in total. The second-order valence-corrected chi connectivity index (χ2v) is 6.26. The Hall–Kier alpha value is -2.99. The molecule has 0 aliphatic carbocycles. The average Bonchev–Trinajstić information content (AvgIpc) is 3.07. The first-order chi connectivity index (χ1) is 12.2. The van der Waals surface area contributed by atoms with Crippen LogP contribution in [-0.2, 0) is 6.54 Å². The van der Waals surface area contributed by atoms with Crippen molar-refractivity contribution in [2.75, 3.05) is 11.9 Å². The lowest BCUT2D eigenvalue weighted by Gasteiger charge is -2.05. The number of rotatable bonds is 7. The summed E-state index contributed by atoms with van der Waals surface area (Å²) in [5.41, 5.74) is 2.40. The van der Waals surface area contributed by atoms with Gasteiger partial charge in [0, 0.05) is 18.2 Å². The predicted octanol–water partition coefficient (Wildman–Crippen LogP) is 3.82. The zero-order chi connectivity index (χ0) is 17.6. The van der Waals surface area contributed by atoms with Crippen LogP contribution < -0.4 is 10.9 Å². The number of hydrogen-bond donors (Lipinski definition) is 1. The highest BCUT2D eigenvalue weighted by atomic mass is 32.1. The molecule has 25 heavy (non-hydrogen) atoms. The summed E-state index contributed by atoms with van der Waals surface area (Å²) in [6, 6.07) is 13.2. The van der Waals surface area contributed by atoms with Crippen LogP contribution >= 0.6 is 11.3 Å². The lowest BCUT2D eigenvalue weighted by Crippen LogP contribution is -2.21. The van der Waals surface area contributed by atoms with E-state index >= 15 is 0 Å². The second-order valence-electron chi connectivity index (χ2n) is 5.26. The van der Waals surface area contributed by atoms with Crippen LogP contribution in [0.3, 0.4) is 0 Å². The lowest BCUT2D eigenvalue weighted by molar-refractivity contribution is 0.656. The molecule has 0 fully saturated rings. The zero-order valence-electron chi connectivity index (χ0n) is 13.7. The largest absolute Gasteiger partial charge is 0.358 e. The van der Waals surface area contributed by atoms with E-state index in [1.807, 2.05) is 30.3 Å². The highest BCUT2D eigenvalue weighted by Crippen LogP contribution is 2.37. The third-order valence-corrected chi connectivity index (χ3v) is 4.51. The van der Waals surface area contributed by atoms with Gasteiger partial charge in [0.05, 0.1) is 17.1 Å². The average molecular weight is 350 g/mol. The topological polar surface area (TPSA) is 59.8 Å². The predicted molar refractivity (Wildman–Crippen MR) is 104 cm³/mol. The van der Waals surface area contributed by atoms with Crippen LogP contribution in [0, 0.1) is 0 Å². The normalized spacial score (nSPS) is 10.4. The smallest absolute Gasteiger partial charge is 0.267 e. The van der Waals surface area contributed by atoms with E-state index in [0.29, 0.717) is 18.8 Å². The molecular formula is C19H18N4OS. The van der Waals surface area contributed by atoms with Gasteiger partial charge < -0.3 is 5.32 Å². The van der Waals surface area contributed by atoms with Gasteiger partial charge in [0.15, 0.2) is 5.13 Å². The minimum atomic E-state index is -0.153. The monoisotopic (exact) mass is 350 g/mol. The Morgan fingerprint density at radius 1 is 1.12 bits per heavy atom. The fourth-order valence-corrected chi connectivity index (χ4v) is 3.30. The molecule has 2 aromatic heterocycles. The van der Waals surface area contributed by atoms with Crippen LogP contribution in [0.5, 0.6) is 0 Å². The summed E-state index contributed by atoms with van der Waals surface area (Å²) in [4.78, 5) is 17.5. The molecule has 0 radical (unpaired) electrons. The van der Waals surface area contributed by atoms with Gasteiger partial charge in [-0.15, -0.1) is 13.2 Å². The van der Waals surface area contributed by atoms with Gasteiger partial charge in [0.2, 0.25) is 0 Å². The van der Waals surface area contributed by atoms with Crippen molar-refractivity contribution in [2.24, 2.45) is 0 Å². The molecule has 5 nitrogen and oxygen atoms in total. The van der Waals surface area contributed by atoms with Crippen molar-refractivity contribution in [3.8, 4) is 21.8 Å². The molecule has 0 aliphatic heterocycles. The lowest BCUT2D eigenvalue weighted by atomic mass is 10.1. The maximum Gasteiger partial charge on any atom is 0.267 e. The molecule has 3 rings (SSSR count). The van der Waals surface area contributed by atoms with E-state index in [4.69, 9.17) is 4.98 Å². The van der Waals surface area contributed by atoms with E-state index in [1.165, 1.54) is 22.1 Å². The molecule has 0 saturated heterocycles. The highest BCUT2D eigenvalue weighted by Gasteiger charge is 2.16. The fourth-order valence-electron chi connectivity index (χ4n) is 2.34. The van der Waals surface area contributed by atoms with Gasteiger partial charge in [0.25, 0.3) is 5.56 Å². The third-order valence-electron chi connectivity index (χ3n) is 3.47. The van der Waals surface area contributed by atoms with Gasteiger partial charge in [-0.05, 0) is 6.07 Å². The number of nitrogens with zero attached hydrogens (tertiary/aromatic N) is 3. The summed E-state index contributed by atoms with van der Waals surface area (Å²) in [7, 11) is 0. The van der Waals surface area contributed by atoms with Gasteiger partial charge in [-0.1, -0.05) is 53.8 Å². The number of hydrogen-bond acceptors (Lipinski definition) is 5. The fraction of sp³-hybridized carbons (Fsp3) is 0.105. The quantitative estimate of drug-likeness (QED) is 0.658. The van der Waals surface area contributed by atoms with Crippen molar-refractivity contribution in [1.82, 2.24) is 14.8 Å². The van der Waals surface area contributed by atoms with Crippen molar-refractivity contribution < 1.29 is 0 Å². The minimum Gasteiger partial charge on any atom is -0.358 e. The molecule has 0 amide bonds. The number of thiazole rings is 1. The maximum atomic E-state index is 11.9. The Morgan fingerprint density at radius 2 is 1.92 bits per heavy atom. The summed E-state index contributed by atoms with van der Waals surface area (Å²) in [6.07, 6.45) is 3.44. The third kappa shape index (κ3) is 3.75. The zero-order valence-corrected chi connectivity index (χ0v) is 14.5. The summed E-state index contributed by atoms with van der Waals surface area (Å²) in [5.74, 6) is 0. The van der Waals surface area contributed by atoms with Crippen molar-refractivity contribution in [1.29, 1.82) is 0 Å². The Morgan fingerprint density at radius 3 is 2.64 bits per heavy atom. The Bertz CT molecular complexity index is 944. The van der Waals surface area contributed by atoms with E-state index in [2.05, 4.69) is 23.6 Å². The molecule has 1 aromatic carbocycles. The van der Waals surface area contributed by atoms with Crippen LogP contribution in [0.1, 0.15) is 0 Å². The van der Waals surface area contributed by atoms with E-state index in [1.54, 1.807) is 18.2 Å². The van der Waals surface area contributed by atoms with Gasteiger partial charge >= 0.3 is 0 Å². The molecule has 3 aromatic rings. The highest BCUT2D eigenvalue weighted by molar-refractivity contribution is 7.19. The van der Waals surface area contributed by atoms with Gasteiger partial charge in [-0.25, -0.2) is 9.67 Å². The van der Waals surface area contributed by atoms with Crippen molar-refractivity contribution >= 4 is 16.5 Å². The number of benzene rings is 1. The Kier molecular flexibility index (Phi) is 5.20. The Balaban J connectivity index is 2.12. The molecule has 126 valence electrons. The first kappa shape index (κ1) is 16.9.